The molecule has 1 saturated heterocycles. The molecular formula is C26H28N2O4. The first-order valence-electron chi connectivity index (χ1n) is 10.9. The second kappa shape index (κ2) is 10.7. The molecule has 1 unspecified atom stereocenters. The van der Waals surface area contributed by atoms with Crippen molar-refractivity contribution < 1.29 is 19.4 Å². The molecule has 2 N–H and O–H groups in total. The second-order valence-corrected chi connectivity index (χ2v) is 7.87. The molecule has 0 saturated carbocycles. The monoisotopic (exact) mass is 432 g/mol. The number of aromatic hydroxyl groups is 1. The van der Waals surface area contributed by atoms with Crippen molar-refractivity contribution in [3.8, 4) is 17.2 Å². The van der Waals surface area contributed by atoms with E-state index in [-0.39, 0.29) is 17.9 Å². The van der Waals surface area contributed by atoms with Gasteiger partial charge in [0, 0.05) is 25.3 Å². The summed E-state index contributed by atoms with van der Waals surface area (Å²) in [5.74, 6) is 1.66. The lowest BCUT2D eigenvalue weighted by atomic mass is 10.1. The van der Waals surface area contributed by atoms with Crippen molar-refractivity contribution in [2.45, 2.75) is 32.0 Å². The van der Waals surface area contributed by atoms with Crippen LogP contribution in [0.25, 0.3) is 0 Å². The van der Waals surface area contributed by atoms with Crippen LogP contribution in [0.2, 0.25) is 0 Å². The highest BCUT2D eigenvalue weighted by Gasteiger charge is 2.23. The van der Waals surface area contributed by atoms with Crippen LogP contribution in [0.1, 0.15) is 24.0 Å². The minimum Gasteiger partial charge on any atom is -0.508 e. The standard InChI is InChI=1S/C26H28N2O4/c29-25-14-5-4-9-21(25)18-28(19-24-13-7-15-31-24)26(30)27-17-20-8-6-12-23(16-20)32-22-10-2-1-3-11-22/h1-6,8-12,14,16,24,29H,7,13,15,17-19H2,(H,27,30). The van der Waals surface area contributed by atoms with Crippen molar-refractivity contribution in [3.63, 3.8) is 0 Å². The predicted octanol–water partition coefficient (Wildman–Crippen LogP) is 5.08. The summed E-state index contributed by atoms with van der Waals surface area (Å²) in [5, 5.41) is 13.2. The Morgan fingerprint density at radius 3 is 2.59 bits per heavy atom. The topological polar surface area (TPSA) is 71.0 Å². The fourth-order valence-electron chi connectivity index (χ4n) is 3.74. The lowest BCUT2D eigenvalue weighted by Crippen LogP contribution is -2.43. The quantitative estimate of drug-likeness (QED) is 0.521. The van der Waals surface area contributed by atoms with E-state index in [9.17, 15) is 9.90 Å². The zero-order chi connectivity index (χ0) is 22.2. The van der Waals surface area contributed by atoms with Gasteiger partial charge in [0.15, 0.2) is 0 Å². The Hall–Kier alpha value is -3.51. The van der Waals surface area contributed by atoms with Gasteiger partial charge in [-0.3, -0.25) is 0 Å². The predicted molar refractivity (Wildman–Crippen MR) is 123 cm³/mol. The number of amides is 2. The molecule has 6 nitrogen and oxygen atoms in total. The van der Waals surface area contributed by atoms with E-state index >= 15 is 0 Å². The summed E-state index contributed by atoms with van der Waals surface area (Å²) in [4.78, 5) is 14.7. The van der Waals surface area contributed by atoms with Crippen molar-refractivity contribution >= 4 is 6.03 Å². The van der Waals surface area contributed by atoms with Crippen molar-refractivity contribution in [2.75, 3.05) is 13.2 Å². The van der Waals surface area contributed by atoms with Gasteiger partial charge >= 0.3 is 6.03 Å². The third-order valence-electron chi connectivity index (χ3n) is 5.41. The maximum absolute atomic E-state index is 13.0. The number of nitrogens with zero attached hydrogens (tertiary/aromatic N) is 1. The fourth-order valence-corrected chi connectivity index (χ4v) is 3.74. The van der Waals surface area contributed by atoms with Gasteiger partial charge in [0.05, 0.1) is 12.6 Å². The molecule has 0 aromatic heterocycles. The second-order valence-electron chi connectivity index (χ2n) is 7.87. The van der Waals surface area contributed by atoms with E-state index in [1.165, 1.54) is 0 Å². The van der Waals surface area contributed by atoms with Crippen LogP contribution in [0, 0.1) is 0 Å². The normalized spacial score (nSPS) is 15.3. The lowest BCUT2D eigenvalue weighted by molar-refractivity contribution is 0.0792. The minimum atomic E-state index is -0.196. The minimum absolute atomic E-state index is 0.0224. The van der Waals surface area contributed by atoms with Crippen molar-refractivity contribution in [1.82, 2.24) is 10.2 Å². The Morgan fingerprint density at radius 2 is 1.81 bits per heavy atom. The number of rotatable bonds is 8. The maximum Gasteiger partial charge on any atom is 0.318 e. The molecule has 6 heteroatoms. The van der Waals surface area contributed by atoms with Gasteiger partial charge in [-0.15, -0.1) is 0 Å². The molecule has 0 spiro atoms. The number of carbonyl (C=O) groups excluding carboxylic acids is 1. The van der Waals surface area contributed by atoms with Crippen LogP contribution >= 0.6 is 0 Å². The molecule has 4 rings (SSSR count). The Labute approximate surface area is 188 Å². The van der Waals surface area contributed by atoms with Gasteiger partial charge in [0.25, 0.3) is 0 Å². The zero-order valence-electron chi connectivity index (χ0n) is 17.9. The van der Waals surface area contributed by atoms with Crippen LogP contribution in [-0.2, 0) is 17.8 Å². The number of benzene rings is 3. The van der Waals surface area contributed by atoms with Gasteiger partial charge in [-0.2, -0.15) is 0 Å². The van der Waals surface area contributed by atoms with Crippen LogP contribution in [-0.4, -0.2) is 35.3 Å². The van der Waals surface area contributed by atoms with Gasteiger partial charge in [0.2, 0.25) is 0 Å². The first kappa shape index (κ1) is 21.7. The third-order valence-corrected chi connectivity index (χ3v) is 5.41. The van der Waals surface area contributed by atoms with E-state index in [1.54, 1.807) is 17.0 Å². The van der Waals surface area contributed by atoms with Gasteiger partial charge in [-0.25, -0.2) is 4.79 Å². The number of carbonyl (C=O) groups is 1. The molecule has 32 heavy (non-hydrogen) atoms. The number of para-hydroxylation sites is 2. The highest BCUT2D eigenvalue weighted by Crippen LogP contribution is 2.23. The average molecular weight is 433 g/mol. The van der Waals surface area contributed by atoms with E-state index in [0.29, 0.717) is 30.9 Å². The number of hydrogen-bond donors (Lipinski definition) is 2. The van der Waals surface area contributed by atoms with Crippen LogP contribution in [0.4, 0.5) is 4.79 Å². The lowest BCUT2D eigenvalue weighted by Gasteiger charge is -2.26. The maximum atomic E-state index is 13.0. The van der Waals surface area contributed by atoms with Gasteiger partial charge in [0.1, 0.15) is 17.2 Å². The van der Waals surface area contributed by atoms with Crippen LogP contribution < -0.4 is 10.1 Å². The summed E-state index contributed by atoms with van der Waals surface area (Å²) in [6, 6.07) is 24.1. The summed E-state index contributed by atoms with van der Waals surface area (Å²) in [6.07, 6.45) is 1.96. The Bertz CT molecular complexity index is 1020. The molecule has 1 heterocycles. The molecular weight excluding hydrogens is 404 g/mol. The number of urea groups is 1. The zero-order valence-corrected chi connectivity index (χ0v) is 17.9. The summed E-state index contributed by atoms with van der Waals surface area (Å²) in [7, 11) is 0. The smallest absolute Gasteiger partial charge is 0.318 e. The number of nitrogens with one attached hydrogen (secondary N) is 1. The Kier molecular flexibility index (Phi) is 7.25. The SMILES string of the molecule is O=C(NCc1cccc(Oc2ccccc2)c1)N(Cc1ccccc1O)CC1CCCO1. The van der Waals surface area contributed by atoms with Crippen LogP contribution in [0.15, 0.2) is 78.9 Å². The van der Waals surface area contributed by atoms with E-state index in [2.05, 4.69) is 5.32 Å². The summed E-state index contributed by atoms with van der Waals surface area (Å²) in [6.45, 7) is 1.89. The van der Waals surface area contributed by atoms with E-state index < -0.39 is 0 Å². The molecule has 1 fully saturated rings. The molecule has 1 atom stereocenters. The average Bonchev–Trinajstić information content (AvgIpc) is 3.33. The van der Waals surface area contributed by atoms with E-state index in [0.717, 1.165) is 30.8 Å². The third kappa shape index (κ3) is 6.02. The summed E-state index contributed by atoms with van der Waals surface area (Å²) in [5.41, 5.74) is 1.64. The van der Waals surface area contributed by atoms with Gasteiger partial charge in [-0.1, -0.05) is 48.5 Å². The molecule has 1 aliphatic heterocycles. The van der Waals surface area contributed by atoms with Gasteiger partial charge in [-0.05, 0) is 48.7 Å². The Morgan fingerprint density at radius 1 is 1.03 bits per heavy atom. The summed E-state index contributed by atoms with van der Waals surface area (Å²) >= 11 is 0. The molecule has 166 valence electrons. The molecule has 0 aliphatic carbocycles. The molecule has 3 aromatic carbocycles. The molecule has 2 amide bonds. The fraction of sp³-hybridized carbons (Fsp3) is 0.269. The number of ether oxygens (including phenoxy) is 2. The highest BCUT2D eigenvalue weighted by molar-refractivity contribution is 5.74. The van der Waals surface area contributed by atoms with E-state index in [1.807, 2.05) is 66.7 Å². The summed E-state index contributed by atoms with van der Waals surface area (Å²) < 4.78 is 11.6. The van der Waals surface area contributed by atoms with Crippen molar-refractivity contribution in [2.24, 2.45) is 0 Å². The largest absolute Gasteiger partial charge is 0.508 e. The first-order chi connectivity index (χ1) is 15.7. The number of phenolic OH excluding ortho intramolecular Hbond substituents is 1. The highest BCUT2D eigenvalue weighted by atomic mass is 16.5. The van der Waals surface area contributed by atoms with Crippen molar-refractivity contribution in [1.29, 1.82) is 0 Å². The number of hydrogen-bond acceptors (Lipinski definition) is 4. The van der Waals surface area contributed by atoms with Crippen LogP contribution in [0.5, 0.6) is 17.2 Å². The first-order valence-corrected chi connectivity index (χ1v) is 10.9. The molecule has 1 aliphatic rings. The van der Waals surface area contributed by atoms with Crippen LogP contribution in [0.3, 0.4) is 0 Å². The van der Waals surface area contributed by atoms with Gasteiger partial charge < -0.3 is 24.8 Å². The number of phenols is 1. The van der Waals surface area contributed by atoms with Crippen molar-refractivity contribution in [3.05, 3.63) is 90.0 Å². The molecule has 3 aromatic rings. The molecule has 0 radical (unpaired) electrons. The Balaban J connectivity index is 1.40. The molecule has 0 bridgehead atoms. The van der Waals surface area contributed by atoms with E-state index in [4.69, 9.17) is 9.47 Å².